The van der Waals surface area contributed by atoms with Crippen LogP contribution in [-0.2, 0) is 11.2 Å². The third-order valence-corrected chi connectivity index (χ3v) is 2.53. The van der Waals surface area contributed by atoms with Crippen LogP contribution in [0.5, 0.6) is 0 Å². The van der Waals surface area contributed by atoms with Gasteiger partial charge in [-0.1, -0.05) is 30.3 Å². The third-order valence-electron chi connectivity index (χ3n) is 2.34. The molecule has 1 unspecified atom stereocenters. The van der Waals surface area contributed by atoms with Gasteiger partial charge in [0.05, 0.1) is 0 Å². The van der Waals surface area contributed by atoms with Gasteiger partial charge in [0.15, 0.2) is 0 Å². The second kappa shape index (κ2) is 6.91. The van der Waals surface area contributed by atoms with Crippen LogP contribution in [0.3, 0.4) is 0 Å². The zero-order chi connectivity index (χ0) is 12.7. The summed E-state index contributed by atoms with van der Waals surface area (Å²) in [5, 5.41) is 10.6. The molecule has 0 aliphatic carbocycles. The highest BCUT2D eigenvalue weighted by atomic mass is 35.5. The summed E-state index contributed by atoms with van der Waals surface area (Å²) >= 11 is 5.25. The van der Waals surface area contributed by atoms with Crippen LogP contribution in [0, 0.1) is 0 Å². The maximum Gasteiger partial charge on any atom is 0.404 e. The van der Waals surface area contributed by atoms with Crippen LogP contribution in [0.4, 0.5) is 4.79 Å². The molecule has 0 heterocycles. The lowest BCUT2D eigenvalue weighted by Gasteiger charge is -2.15. The number of halogens is 1. The predicted octanol–water partition coefficient (Wildman–Crippen LogP) is 2.41. The smallest absolute Gasteiger partial charge is 0.404 e. The van der Waals surface area contributed by atoms with Crippen molar-refractivity contribution in [2.45, 2.75) is 25.3 Å². The maximum atomic E-state index is 10.7. The van der Waals surface area contributed by atoms with Crippen molar-refractivity contribution in [2.24, 2.45) is 0 Å². The molecule has 0 aliphatic rings. The van der Waals surface area contributed by atoms with Gasteiger partial charge < -0.3 is 10.4 Å². The molecule has 1 aromatic rings. The Morgan fingerprint density at radius 3 is 2.47 bits per heavy atom. The summed E-state index contributed by atoms with van der Waals surface area (Å²) in [5.41, 5.74) is 1.02. The number of hydrogen-bond donors (Lipinski definition) is 2. The summed E-state index contributed by atoms with van der Waals surface area (Å²) in [4.78, 5) is 21.3. The van der Waals surface area contributed by atoms with E-state index in [4.69, 9.17) is 16.7 Å². The number of carbonyl (C=O) groups excluding carboxylic acids is 1. The second-order valence-corrected chi connectivity index (χ2v) is 4.15. The Labute approximate surface area is 105 Å². The topological polar surface area (TPSA) is 66.4 Å². The van der Waals surface area contributed by atoms with Gasteiger partial charge >= 0.3 is 6.09 Å². The van der Waals surface area contributed by atoms with Crippen molar-refractivity contribution in [1.82, 2.24) is 5.32 Å². The molecular formula is C12H14ClNO3. The van der Waals surface area contributed by atoms with Crippen molar-refractivity contribution in [2.75, 3.05) is 0 Å². The van der Waals surface area contributed by atoms with Crippen molar-refractivity contribution >= 4 is 22.9 Å². The van der Waals surface area contributed by atoms with E-state index >= 15 is 0 Å². The van der Waals surface area contributed by atoms with Gasteiger partial charge in [-0.15, -0.1) is 0 Å². The fourth-order valence-electron chi connectivity index (χ4n) is 1.59. The Hall–Kier alpha value is -1.55. The van der Waals surface area contributed by atoms with E-state index in [-0.39, 0.29) is 12.5 Å². The van der Waals surface area contributed by atoms with E-state index in [9.17, 15) is 9.59 Å². The first-order valence-electron chi connectivity index (χ1n) is 5.29. The Bertz CT molecular complexity index is 381. The Morgan fingerprint density at radius 1 is 1.29 bits per heavy atom. The monoisotopic (exact) mass is 255 g/mol. The number of hydrogen-bond acceptors (Lipinski definition) is 2. The van der Waals surface area contributed by atoms with Gasteiger partial charge in [0.1, 0.15) is 0 Å². The molecule has 17 heavy (non-hydrogen) atoms. The summed E-state index contributed by atoms with van der Waals surface area (Å²) in [7, 11) is 0. The van der Waals surface area contributed by atoms with E-state index in [2.05, 4.69) is 5.32 Å². The standard InChI is InChI=1S/C12H14ClNO3/c13-11(15)7-6-10(14-12(16)17)8-9-4-2-1-3-5-9/h1-5,10,14H,6-8H2,(H,16,17). The summed E-state index contributed by atoms with van der Waals surface area (Å²) in [6, 6.07) is 9.21. The van der Waals surface area contributed by atoms with Crippen LogP contribution in [0.25, 0.3) is 0 Å². The van der Waals surface area contributed by atoms with E-state index < -0.39 is 11.3 Å². The molecule has 0 fully saturated rings. The van der Waals surface area contributed by atoms with Crippen molar-refractivity contribution < 1.29 is 14.7 Å². The lowest BCUT2D eigenvalue weighted by atomic mass is 10.0. The molecule has 92 valence electrons. The molecule has 1 rings (SSSR count). The number of rotatable bonds is 6. The Morgan fingerprint density at radius 2 is 1.94 bits per heavy atom. The van der Waals surface area contributed by atoms with Crippen LogP contribution in [0.1, 0.15) is 18.4 Å². The maximum absolute atomic E-state index is 10.7. The summed E-state index contributed by atoms with van der Waals surface area (Å²) in [5.74, 6) is 0. The summed E-state index contributed by atoms with van der Waals surface area (Å²) < 4.78 is 0. The molecule has 4 nitrogen and oxygen atoms in total. The SMILES string of the molecule is O=C(Cl)CCC(Cc1ccccc1)NC(=O)O. The molecule has 2 N–H and O–H groups in total. The number of carbonyl (C=O) groups is 2. The van der Waals surface area contributed by atoms with Gasteiger partial charge in [0.25, 0.3) is 0 Å². The average Bonchev–Trinajstić information content (AvgIpc) is 2.26. The first-order valence-corrected chi connectivity index (χ1v) is 5.67. The van der Waals surface area contributed by atoms with Crippen molar-refractivity contribution in [1.29, 1.82) is 0 Å². The molecule has 0 aliphatic heterocycles. The van der Waals surface area contributed by atoms with E-state index in [1.54, 1.807) is 0 Å². The minimum absolute atomic E-state index is 0.166. The summed E-state index contributed by atoms with van der Waals surface area (Å²) in [6.07, 6.45) is 0.0353. The molecule has 0 radical (unpaired) electrons. The fourth-order valence-corrected chi connectivity index (χ4v) is 1.70. The first-order chi connectivity index (χ1) is 8.08. The molecule has 1 amide bonds. The van der Waals surface area contributed by atoms with Crippen molar-refractivity contribution in [3.63, 3.8) is 0 Å². The van der Waals surface area contributed by atoms with Crippen LogP contribution < -0.4 is 5.32 Å². The van der Waals surface area contributed by atoms with E-state index in [0.717, 1.165) is 5.56 Å². The largest absolute Gasteiger partial charge is 0.465 e. The van der Waals surface area contributed by atoms with E-state index in [1.807, 2.05) is 30.3 Å². The molecule has 1 aromatic carbocycles. The normalized spacial score (nSPS) is 11.8. The number of benzene rings is 1. The predicted molar refractivity (Wildman–Crippen MR) is 65.2 cm³/mol. The van der Waals surface area contributed by atoms with Crippen molar-refractivity contribution in [3.05, 3.63) is 35.9 Å². The van der Waals surface area contributed by atoms with Gasteiger partial charge in [-0.25, -0.2) is 4.79 Å². The molecule has 0 saturated carbocycles. The second-order valence-electron chi connectivity index (χ2n) is 3.73. The minimum Gasteiger partial charge on any atom is -0.465 e. The highest BCUT2D eigenvalue weighted by Gasteiger charge is 2.13. The minimum atomic E-state index is -1.09. The fraction of sp³-hybridized carbons (Fsp3) is 0.333. The molecule has 0 saturated heterocycles. The average molecular weight is 256 g/mol. The zero-order valence-corrected chi connectivity index (χ0v) is 9.98. The summed E-state index contributed by atoms with van der Waals surface area (Å²) in [6.45, 7) is 0. The van der Waals surface area contributed by atoms with E-state index in [1.165, 1.54) is 0 Å². The number of carboxylic acid groups (broad SMARTS) is 1. The van der Waals surface area contributed by atoms with Crippen LogP contribution in [0.15, 0.2) is 30.3 Å². The molecular weight excluding hydrogens is 242 g/mol. The third kappa shape index (κ3) is 5.92. The van der Waals surface area contributed by atoms with Crippen molar-refractivity contribution in [3.8, 4) is 0 Å². The zero-order valence-electron chi connectivity index (χ0n) is 9.23. The quantitative estimate of drug-likeness (QED) is 0.767. The highest BCUT2D eigenvalue weighted by Crippen LogP contribution is 2.08. The van der Waals surface area contributed by atoms with Gasteiger partial charge in [-0.3, -0.25) is 4.79 Å². The lowest BCUT2D eigenvalue weighted by molar-refractivity contribution is -0.111. The van der Waals surface area contributed by atoms with Gasteiger partial charge in [-0.05, 0) is 30.0 Å². The molecule has 0 spiro atoms. The van der Waals surface area contributed by atoms with Crippen LogP contribution >= 0.6 is 11.6 Å². The number of nitrogens with one attached hydrogen (secondary N) is 1. The van der Waals surface area contributed by atoms with Gasteiger partial charge in [-0.2, -0.15) is 0 Å². The first kappa shape index (κ1) is 13.5. The Kier molecular flexibility index (Phi) is 5.49. The molecule has 0 aromatic heterocycles. The van der Waals surface area contributed by atoms with Gasteiger partial charge in [0, 0.05) is 12.5 Å². The highest BCUT2D eigenvalue weighted by molar-refractivity contribution is 6.63. The van der Waals surface area contributed by atoms with E-state index in [0.29, 0.717) is 12.8 Å². The Balaban J connectivity index is 2.56. The van der Waals surface area contributed by atoms with Crippen LogP contribution in [0.2, 0.25) is 0 Å². The number of amides is 1. The van der Waals surface area contributed by atoms with Crippen LogP contribution in [-0.4, -0.2) is 22.5 Å². The molecule has 0 bridgehead atoms. The molecule has 1 atom stereocenters. The lowest BCUT2D eigenvalue weighted by Crippen LogP contribution is -2.35. The molecule has 5 heteroatoms. The van der Waals surface area contributed by atoms with Gasteiger partial charge in [0.2, 0.25) is 5.24 Å².